The summed E-state index contributed by atoms with van der Waals surface area (Å²) >= 11 is 0. The van der Waals surface area contributed by atoms with Gasteiger partial charge in [0.25, 0.3) is 5.91 Å². The maximum atomic E-state index is 12.7. The first kappa shape index (κ1) is 22.5. The Kier molecular flexibility index (Phi) is 8.29. The Balaban J connectivity index is 2.15. The number of sulfonamides is 1. The maximum absolute atomic E-state index is 12.7. The third-order valence-corrected chi connectivity index (χ3v) is 5.22. The molecule has 0 aromatic heterocycles. The first-order chi connectivity index (χ1) is 13.9. The van der Waals surface area contributed by atoms with E-state index in [2.05, 4.69) is 10.0 Å². The fourth-order valence-corrected chi connectivity index (χ4v) is 3.07. The molecule has 0 aliphatic rings. The minimum Gasteiger partial charge on any atom is -0.494 e. The van der Waals surface area contributed by atoms with Gasteiger partial charge in [0.05, 0.1) is 30.7 Å². The lowest BCUT2D eigenvalue weighted by Gasteiger charge is -2.14. The summed E-state index contributed by atoms with van der Waals surface area (Å²) in [7, 11) is -2.02. The van der Waals surface area contributed by atoms with Crippen LogP contribution < -0.4 is 19.5 Å². The fraction of sp³-hybridized carbons (Fsp3) is 0.350. The highest BCUT2D eigenvalue weighted by molar-refractivity contribution is 7.92. The van der Waals surface area contributed by atoms with Gasteiger partial charge in [-0.05, 0) is 38.1 Å². The minimum atomic E-state index is -3.45. The third kappa shape index (κ3) is 6.65. The predicted molar refractivity (Wildman–Crippen MR) is 112 cm³/mol. The van der Waals surface area contributed by atoms with Crippen LogP contribution in [0.2, 0.25) is 0 Å². The summed E-state index contributed by atoms with van der Waals surface area (Å²) in [6.07, 6.45) is 0. The van der Waals surface area contributed by atoms with Crippen molar-refractivity contribution in [2.75, 3.05) is 42.7 Å². The van der Waals surface area contributed by atoms with Crippen LogP contribution in [0.15, 0.2) is 42.5 Å². The van der Waals surface area contributed by atoms with Gasteiger partial charge >= 0.3 is 0 Å². The zero-order chi connectivity index (χ0) is 21.3. The van der Waals surface area contributed by atoms with Crippen molar-refractivity contribution in [3.63, 3.8) is 0 Å². The van der Waals surface area contributed by atoms with Crippen LogP contribution in [0.4, 0.5) is 11.4 Å². The fourth-order valence-electron chi connectivity index (χ4n) is 2.43. The van der Waals surface area contributed by atoms with E-state index < -0.39 is 10.0 Å². The van der Waals surface area contributed by atoms with Crippen molar-refractivity contribution in [3.05, 3.63) is 48.0 Å². The Morgan fingerprint density at radius 1 is 1.03 bits per heavy atom. The molecule has 0 aliphatic carbocycles. The number of carbonyl (C=O) groups excluding carboxylic acids is 1. The van der Waals surface area contributed by atoms with E-state index in [1.54, 1.807) is 36.4 Å². The second kappa shape index (κ2) is 10.7. The normalized spacial score (nSPS) is 11.0. The number of methoxy groups -OCH3 is 1. The van der Waals surface area contributed by atoms with E-state index in [1.165, 1.54) is 20.1 Å². The zero-order valence-corrected chi connectivity index (χ0v) is 17.5. The Hall–Kier alpha value is -2.78. The van der Waals surface area contributed by atoms with Crippen LogP contribution in [0.25, 0.3) is 0 Å². The molecular weight excluding hydrogens is 396 g/mol. The highest BCUT2D eigenvalue weighted by atomic mass is 32.2. The van der Waals surface area contributed by atoms with Gasteiger partial charge in [0.15, 0.2) is 0 Å². The average Bonchev–Trinajstić information content (AvgIpc) is 2.72. The molecule has 0 bridgehead atoms. The Morgan fingerprint density at radius 2 is 1.79 bits per heavy atom. The van der Waals surface area contributed by atoms with Crippen LogP contribution in [0.5, 0.6) is 11.5 Å². The van der Waals surface area contributed by atoms with Gasteiger partial charge in [0.2, 0.25) is 10.0 Å². The van der Waals surface area contributed by atoms with Gasteiger partial charge in [-0.3, -0.25) is 9.52 Å². The summed E-state index contributed by atoms with van der Waals surface area (Å²) in [4.78, 5) is 12.7. The number of nitrogens with one attached hydrogen (secondary N) is 2. The maximum Gasteiger partial charge on any atom is 0.259 e. The van der Waals surface area contributed by atoms with E-state index in [1.807, 2.05) is 6.92 Å². The van der Waals surface area contributed by atoms with E-state index in [-0.39, 0.29) is 11.7 Å². The molecule has 0 spiro atoms. The lowest BCUT2D eigenvalue weighted by molar-refractivity contribution is 0.0998. The smallest absolute Gasteiger partial charge is 0.259 e. The standard InChI is InChI=1S/C20H26N2O6S/c1-4-27-12-13-28-18-9-7-6-8-16(18)20(23)21-15-10-11-17(19(14-15)26-3)22-29(24,25)5-2/h6-11,14,22H,4-5,12-13H2,1-3H3,(H,21,23). The molecule has 0 fully saturated rings. The van der Waals surface area contributed by atoms with E-state index >= 15 is 0 Å². The van der Waals surface area contributed by atoms with Gasteiger partial charge < -0.3 is 19.5 Å². The first-order valence-corrected chi connectivity index (χ1v) is 10.8. The van der Waals surface area contributed by atoms with E-state index in [0.29, 0.717) is 48.3 Å². The van der Waals surface area contributed by atoms with E-state index in [9.17, 15) is 13.2 Å². The molecule has 1 amide bonds. The van der Waals surface area contributed by atoms with Gasteiger partial charge in [-0.25, -0.2) is 8.42 Å². The highest BCUT2D eigenvalue weighted by Gasteiger charge is 2.15. The van der Waals surface area contributed by atoms with E-state index in [0.717, 1.165) is 0 Å². The number of anilines is 2. The van der Waals surface area contributed by atoms with Crippen molar-refractivity contribution in [2.24, 2.45) is 0 Å². The molecule has 0 unspecified atom stereocenters. The van der Waals surface area contributed by atoms with Gasteiger partial charge in [-0.1, -0.05) is 12.1 Å². The molecule has 29 heavy (non-hydrogen) atoms. The third-order valence-electron chi connectivity index (χ3n) is 3.93. The van der Waals surface area contributed by atoms with Crippen molar-refractivity contribution in [3.8, 4) is 11.5 Å². The second-order valence-corrected chi connectivity index (χ2v) is 7.93. The summed E-state index contributed by atoms with van der Waals surface area (Å²) in [5.41, 5.74) is 1.13. The summed E-state index contributed by atoms with van der Waals surface area (Å²) < 4.78 is 42.2. The van der Waals surface area contributed by atoms with E-state index in [4.69, 9.17) is 14.2 Å². The Morgan fingerprint density at radius 3 is 2.48 bits per heavy atom. The summed E-state index contributed by atoms with van der Waals surface area (Å²) in [5.74, 6) is 0.320. The summed E-state index contributed by atoms with van der Waals surface area (Å²) in [5, 5.41) is 2.77. The molecule has 9 heteroatoms. The van der Waals surface area contributed by atoms with Crippen molar-refractivity contribution >= 4 is 27.3 Å². The van der Waals surface area contributed by atoms with Crippen LogP contribution in [-0.2, 0) is 14.8 Å². The highest BCUT2D eigenvalue weighted by Crippen LogP contribution is 2.29. The topological polar surface area (TPSA) is 103 Å². The quantitative estimate of drug-likeness (QED) is 0.540. The van der Waals surface area contributed by atoms with Crippen molar-refractivity contribution in [2.45, 2.75) is 13.8 Å². The van der Waals surface area contributed by atoms with Gasteiger partial charge in [0, 0.05) is 18.4 Å². The van der Waals surface area contributed by atoms with Crippen LogP contribution in [0, 0.1) is 0 Å². The number of benzene rings is 2. The molecule has 0 saturated heterocycles. The molecule has 0 atom stereocenters. The predicted octanol–water partition coefficient (Wildman–Crippen LogP) is 3.12. The van der Waals surface area contributed by atoms with Crippen LogP contribution >= 0.6 is 0 Å². The minimum absolute atomic E-state index is 0.0608. The largest absolute Gasteiger partial charge is 0.494 e. The Bertz CT molecular complexity index is 930. The number of amides is 1. The monoisotopic (exact) mass is 422 g/mol. The number of para-hydroxylation sites is 1. The van der Waals surface area contributed by atoms with Gasteiger partial charge in [0.1, 0.15) is 18.1 Å². The molecule has 2 rings (SSSR count). The van der Waals surface area contributed by atoms with Crippen LogP contribution in [0.3, 0.4) is 0 Å². The molecule has 2 aromatic carbocycles. The molecular formula is C20H26N2O6S. The molecule has 0 aliphatic heterocycles. The summed E-state index contributed by atoms with van der Waals surface area (Å²) in [6.45, 7) is 4.79. The lowest BCUT2D eigenvalue weighted by atomic mass is 10.1. The molecule has 8 nitrogen and oxygen atoms in total. The molecule has 0 saturated carbocycles. The number of rotatable bonds is 11. The number of hydrogen-bond acceptors (Lipinski definition) is 6. The van der Waals surface area contributed by atoms with Gasteiger partial charge in [-0.15, -0.1) is 0 Å². The molecule has 0 heterocycles. The first-order valence-electron chi connectivity index (χ1n) is 9.19. The van der Waals surface area contributed by atoms with Crippen LogP contribution in [-0.4, -0.2) is 47.0 Å². The summed E-state index contributed by atoms with van der Waals surface area (Å²) in [6, 6.07) is 11.6. The van der Waals surface area contributed by atoms with Gasteiger partial charge in [-0.2, -0.15) is 0 Å². The molecule has 2 N–H and O–H groups in total. The average molecular weight is 423 g/mol. The number of ether oxygens (including phenoxy) is 3. The molecule has 158 valence electrons. The van der Waals surface area contributed by atoms with Crippen molar-refractivity contribution in [1.82, 2.24) is 0 Å². The van der Waals surface area contributed by atoms with Crippen LogP contribution in [0.1, 0.15) is 24.2 Å². The number of hydrogen-bond donors (Lipinski definition) is 2. The second-order valence-electron chi connectivity index (χ2n) is 5.92. The molecule has 0 radical (unpaired) electrons. The zero-order valence-electron chi connectivity index (χ0n) is 16.7. The lowest BCUT2D eigenvalue weighted by Crippen LogP contribution is -2.16. The Labute approximate surface area is 171 Å². The SMILES string of the molecule is CCOCCOc1ccccc1C(=O)Nc1ccc(NS(=O)(=O)CC)c(OC)c1. The van der Waals surface area contributed by atoms with Crippen molar-refractivity contribution in [1.29, 1.82) is 0 Å². The number of carbonyl (C=O) groups is 1. The molecule has 2 aromatic rings. The van der Waals surface area contributed by atoms with Crippen molar-refractivity contribution < 1.29 is 27.4 Å².